The zero-order valence-electron chi connectivity index (χ0n) is 11.6. The number of rotatable bonds is 6. The van der Waals surface area contributed by atoms with E-state index in [1.165, 1.54) is 0 Å². The number of halogens is 2. The Morgan fingerprint density at radius 3 is 2.95 bits per heavy atom. The summed E-state index contributed by atoms with van der Waals surface area (Å²) in [5.74, 6) is 1.20. The van der Waals surface area contributed by atoms with Gasteiger partial charge in [-0.1, -0.05) is 6.07 Å². The van der Waals surface area contributed by atoms with Crippen LogP contribution in [0.1, 0.15) is 23.8 Å². The average molecular weight is 364 g/mol. The summed E-state index contributed by atoms with van der Waals surface area (Å²) < 4.78 is 17.0. The summed E-state index contributed by atoms with van der Waals surface area (Å²) in [6, 6.07) is 6.02. The van der Waals surface area contributed by atoms with Gasteiger partial charge in [0.1, 0.15) is 12.4 Å². The lowest BCUT2D eigenvalue weighted by molar-refractivity contribution is 0.0531. The molecular formula is C15H20BrClO3. The van der Waals surface area contributed by atoms with Gasteiger partial charge in [-0.2, -0.15) is 0 Å². The lowest BCUT2D eigenvalue weighted by atomic mass is 9.93. The molecule has 1 aromatic carbocycles. The van der Waals surface area contributed by atoms with Crippen molar-refractivity contribution in [1.82, 2.24) is 0 Å². The molecule has 20 heavy (non-hydrogen) atoms. The summed E-state index contributed by atoms with van der Waals surface area (Å²) >= 11 is 10.1. The van der Waals surface area contributed by atoms with Gasteiger partial charge in [0.15, 0.2) is 0 Å². The van der Waals surface area contributed by atoms with E-state index in [0.29, 0.717) is 19.1 Å². The van der Waals surface area contributed by atoms with E-state index in [-0.39, 0.29) is 5.38 Å². The van der Waals surface area contributed by atoms with Crippen molar-refractivity contribution >= 4 is 27.5 Å². The highest BCUT2D eigenvalue weighted by atomic mass is 79.9. The first-order chi connectivity index (χ1) is 9.72. The van der Waals surface area contributed by atoms with Crippen LogP contribution in [0.4, 0.5) is 0 Å². The predicted molar refractivity (Wildman–Crippen MR) is 83.7 cm³/mol. The zero-order valence-corrected chi connectivity index (χ0v) is 14.0. The minimum Gasteiger partial charge on any atom is -0.490 e. The normalized spacial score (nSPS) is 20.6. The third-order valence-corrected chi connectivity index (χ3v) is 4.66. The quantitative estimate of drug-likeness (QED) is 0.560. The summed E-state index contributed by atoms with van der Waals surface area (Å²) in [4.78, 5) is 0. The number of hydrogen-bond acceptors (Lipinski definition) is 3. The van der Waals surface area contributed by atoms with Crippen LogP contribution in [0.5, 0.6) is 5.75 Å². The van der Waals surface area contributed by atoms with Crippen molar-refractivity contribution in [2.45, 2.75) is 18.2 Å². The van der Waals surface area contributed by atoms with Crippen molar-refractivity contribution in [3.05, 3.63) is 28.2 Å². The van der Waals surface area contributed by atoms with Crippen LogP contribution in [-0.4, -0.2) is 33.5 Å². The van der Waals surface area contributed by atoms with Crippen LogP contribution in [-0.2, 0) is 9.47 Å². The average Bonchev–Trinajstić information content (AvgIpc) is 2.49. The van der Waals surface area contributed by atoms with Gasteiger partial charge < -0.3 is 14.2 Å². The van der Waals surface area contributed by atoms with Crippen molar-refractivity contribution in [2.75, 3.05) is 33.5 Å². The number of hydrogen-bond donors (Lipinski definition) is 0. The van der Waals surface area contributed by atoms with Gasteiger partial charge in [0.2, 0.25) is 0 Å². The molecule has 0 bridgehead atoms. The van der Waals surface area contributed by atoms with Crippen LogP contribution < -0.4 is 4.74 Å². The van der Waals surface area contributed by atoms with Crippen molar-refractivity contribution < 1.29 is 14.2 Å². The summed E-state index contributed by atoms with van der Waals surface area (Å²) in [6.45, 7) is 2.72. The largest absolute Gasteiger partial charge is 0.490 e. The van der Waals surface area contributed by atoms with Gasteiger partial charge in [-0.3, -0.25) is 0 Å². The van der Waals surface area contributed by atoms with Crippen LogP contribution in [0, 0.1) is 5.92 Å². The molecule has 0 radical (unpaired) electrons. The van der Waals surface area contributed by atoms with Crippen LogP contribution in [0.15, 0.2) is 22.7 Å². The second-order valence-corrected chi connectivity index (χ2v) is 6.23. The Bertz CT molecular complexity index is 422. The molecule has 2 unspecified atom stereocenters. The molecule has 0 aliphatic carbocycles. The number of benzene rings is 1. The van der Waals surface area contributed by atoms with Gasteiger partial charge in [0.05, 0.1) is 23.1 Å². The lowest BCUT2D eigenvalue weighted by Gasteiger charge is -2.26. The molecule has 5 heteroatoms. The number of alkyl halides is 1. The molecule has 0 N–H and O–H groups in total. The second-order valence-electron chi connectivity index (χ2n) is 4.91. The van der Waals surface area contributed by atoms with Crippen molar-refractivity contribution in [2.24, 2.45) is 5.92 Å². The Morgan fingerprint density at radius 2 is 2.30 bits per heavy atom. The zero-order chi connectivity index (χ0) is 14.4. The predicted octanol–water partition coefficient (Wildman–Crippen LogP) is 4.18. The highest BCUT2D eigenvalue weighted by Crippen LogP contribution is 2.37. The first-order valence-electron chi connectivity index (χ1n) is 6.85. The van der Waals surface area contributed by atoms with Crippen molar-refractivity contribution in [3.8, 4) is 5.75 Å². The van der Waals surface area contributed by atoms with E-state index in [1.807, 2.05) is 18.2 Å². The summed E-state index contributed by atoms with van der Waals surface area (Å²) in [5, 5.41) is -0.0142. The molecule has 1 aromatic rings. The molecule has 0 spiro atoms. The Kier molecular flexibility index (Phi) is 6.62. The fourth-order valence-electron chi connectivity index (χ4n) is 2.31. The molecule has 1 saturated heterocycles. The molecule has 2 atom stereocenters. The fourth-order valence-corrected chi connectivity index (χ4v) is 3.15. The highest BCUT2D eigenvalue weighted by Gasteiger charge is 2.24. The lowest BCUT2D eigenvalue weighted by Crippen LogP contribution is -2.21. The molecule has 112 valence electrons. The van der Waals surface area contributed by atoms with Gasteiger partial charge in [0, 0.05) is 19.6 Å². The maximum atomic E-state index is 6.57. The summed E-state index contributed by atoms with van der Waals surface area (Å²) in [6.07, 6.45) is 2.21. The smallest absolute Gasteiger partial charge is 0.133 e. The number of ether oxygens (including phenoxy) is 3. The van der Waals surface area contributed by atoms with Gasteiger partial charge in [-0.05, 0) is 46.5 Å². The molecule has 1 aliphatic heterocycles. The van der Waals surface area contributed by atoms with E-state index in [0.717, 1.165) is 41.8 Å². The molecule has 2 rings (SSSR count). The molecule has 0 aromatic heterocycles. The van der Waals surface area contributed by atoms with E-state index in [1.54, 1.807) is 7.11 Å². The monoisotopic (exact) mass is 362 g/mol. The van der Waals surface area contributed by atoms with Gasteiger partial charge in [-0.15, -0.1) is 11.6 Å². The SMILES string of the molecule is COCCOc1ccc(C(Cl)C2CCCOC2)cc1Br. The van der Waals surface area contributed by atoms with Gasteiger partial charge >= 0.3 is 0 Å². The Morgan fingerprint density at radius 1 is 1.45 bits per heavy atom. The first-order valence-corrected chi connectivity index (χ1v) is 8.08. The number of methoxy groups -OCH3 is 1. The van der Waals surface area contributed by atoms with Crippen LogP contribution in [0.25, 0.3) is 0 Å². The molecule has 1 fully saturated rings. The molecule has 0 saturated carbocycles. The topological polar surface area (TPSA) is 27.7 Å². The second kappa shape index (κ2) is 8.23. The maximum absolute atomic E-state index is 6.57. The molecule has 1 heterocycles. The van der Waals surface area contributed by atoms with Crippen molar-refractivity contribution in [3.63, 3.8) is 0 Å². The molecule has 0 amide bonds. The summed E-state index contributed by atoms with van der Waals surface area (Å²) in [7, 11) is 1.66. The third kappa shape index (κ3) is 4.35. The van der Waals surface area contributed by atoms with Crippen molar-refractivity contribution in [1.29, 1.82) is 0 Å². The van der Waals surface area contributed by atoms with E-state index < -0.39 is 0 Å². The Labute approximate surface area is 133 Å². The standard InChI is InChI=1S/C15H20BrClO3/c1-18-7-8-20-14-5-4-11(9-13(14)16)15(17)12-3-2-6-19-10-12/h4-5,9,12,15H,2-3,6-8,10H2,1H3. The fraction of sp³-hybridized carbons (Fsp3) is 0.600. The molecule has 3 nitrogen and oxygen atoms in total. The maximum Gasteiger partial charge on any atom is 0.133 e. The Hall–Kier alpha value is -0.290. The van der Waals surface area contributed by atoms with Gasteiger partial charge in [-0.25, -0.2) is 0 Å². The highest BCUT2D eigenvalue weighted by molar-refractivity contribution is 9.10. The minimum atomic E-state index is -0.0142. The van der Waals surface area contributed by atoms with Crippen LogP contribution in [0.2, 0.25) is 0 Å². The van der Waals surface area contributed by atoms with Crippen LogP contribution >= 0.6 is 27.5 Å². The Balaban J connectivity index is 1.99. The van der Waals surface area contributed by atoms with E-state index in [2.05, 4.69) is 15.9 Å². The van der Waals surface area contributed by atoms with Crippen LogP contribution in [0.3, 0.4) is 0 Å². The van der Waals surface area contributed by atoms with E-state index >= 15 is 0 Å². The minimum absolute atomic E-state index is 0.0142. The third-order valence-electron chi connectivity index (χ3n) is 3.43. The first kappa shape index (κ1) is 16.1. The summed E-state index contributed by atoms with van der Waals surface area (Å²) in [5.41, 5.74) is 1.10. The van der Waals surface area contributed by atoms with E-state index in [9.17, 15) is 0 Å². The van der Waals surface area contributed by atoms with E-state index in [4.69, 9.17) is 25.8 Å². The molecular weight excluding hydrogens is 344 g/mol. The molecule has 1 aliphatic rings. The van der Waals surface area contributed by atoms with Gasteiger partial charge in [0.25, 0.3) is 0 Å².